The average Bonchev–Trinajstić information content (AvgIpc) is 3.56. The van der Waals surface area contributed by atoms with Gasteiger partial charge in [0, 0.05) is 6.07 Å². The predicted octanol–water partition coefficient (Wildman–Crippen LogP) is 3.80. The quantitative estimate of drug-likeness (QED) is 0.352. The van der Waals surface area contributed by atoms with Crippen molar-refractivity contribution in [3.05, 3.63) is 59.2 Å². The van der Waals surface area contributed by atoms with E-state index in [2.05, 4.69) is 0 Å². The SMILES string of the molecule is COc1cc(OCOCc2ccccc2)c2c(c1)C(=O)OC2C(=O)OC(C)C1CC1. The first-order chi connectivity index (χ1) is 14.6. The van der Waals surface area contributed by atoms with Crippen LogP contribution in [0.3, 0.4) is 0 Å². The summed E-state index contributed by atoms with van der Waals surface area (Å²) in [5.41, 5.74) is 1.58. The molecule has 2 atom stereocenters. The first-order valence-electron chi connectivity index (χ1n) is 9.94. The molecule has 1 aliphatic carbocycles. The zero-order valence-electron chi connectivity index (χ0n) is 17.0. The second kappa shape index (κ2) is 8.75. The first-order valence-corrected chi connectivity index (χ1v) is 9.94. The van der Waals surface area contributed by atoms with Crippen LogP contribution in [0.1, 0.15) is 47.4 Å². The van der Waals surface area contributed by atoms with E-state index in [-0.39, 0.29) is 18.5 Å². The van der Waals surface area contributed by atoms with Crippen molar-refractivity contribution in [1.82, 2.24) is 0 Å². The summed E-state index contributed by atoms with van der Waals surface area (Å²) in [5.74, 6) is -0.112. The van der Waals surface area contributed by atoms with Crippen LogP contribution in [0, 0.1) is 5.92 Å². The van der Waals surface area contributed by atoms with E-state index in [1.54, 1.807) is 6.07 Å². The third-order valence-corrected chi connectivity index (χ3v) is 5.27. The number of rotatable bonds is 9. The van der Waals surface area contributed by atoms with Crippen LogP contribution in [0.2, 0.25) is 0 Å². The molecule has 7 heteroatoms. The van der Waals surface area contributed by atoms with Crippen LogP contribution in [0.5, 0.6) is 11.5 Å². The van der Waals surface area contributed by atoms with Crippen molar-refractivity contribution in [3.8, 4) is 11.5 Å². The van der Waals surface area contributed by atoms with Gasteiger partial charge in [-0.15, -0.1) is 0 Å². The normalized spacial score (nSPS) is 18.3. The fourth-order valence-electron chi connectivity index (χ4n) is 3.42. The van der Waals surface area contributed by atoms with Gasteiger partial charge in [-0.3, -0.25) is 0 Å². The van der Waals surface area contributed by atoms with Crippen LogP contribution in [-0.4, -0.2) is 31.9 Å². The number of cyclic esters (lactones) is 1. The summed E-state index contributed by atoms with van der Waals surface area (Å²) >= 11 is 0. The van der Waals surface area contributed by atoms with Crippen molar-refractivity contribution in [2.24, 2.45) is 5.92 Å². The maximum Gasteiger partial charge on any atom is 0.352 e. The number of esters is 2. The summed E-state index contributed by atoms with van der Waals surface area (Å²) in [5, 5.41) is 0. The molecule has 2 aromatic rings. The fourth-order valence-corrected chi connectivity index (χ4v) is 3.42. The van der Waals surface area contributed by atoms with Gasteiger partial charge in [0.15, 0.2) is 6.79 Å². The van der Waals surface area contributed by atoms with E-state index in [4.69, 9.17) is 23.7 Å². The summed E-state index contributed by atoms with van der Waals surface area (Å²) in [6, 6.07) is 12.8. The molecule has 2 aliphatic rings. The van der Waals surface area contributed by atoms with E-state index in [0.29, 0.717) is 29.6 Å². The maximum absolute atomic E-state index is 12.7. The second-order valence-corrected chi connectivity index (χ2v) is 7.45. The van der Waals surface area contributed by atoms with Gasteiger partial charge in [0.05, 0.1) is 24.8 Å². The van der Waals surface area contributed by atoms with E-state index in [1.165, 1.54) is 13.2 Å². The first kappa shape index (κ1) is 20.2. The Labute approximate surface area is 174 Å². The molecule has 1 heterocycles. The Hall–Kier alpha value is -3.06. The van der Waals surface area contributed by atoms with Gasteiger partial charge in [0.2, 0.25) is 6.10 Å². The van der Waals surface area contributed by atoms with Gasteiger partial charge in [-0.2, -0.15) is 0 Å². The van der Waals surface area contributed by atoms with Gasteiger partial charge in [0.1, 0.15) is 17.6 Å². The Morgan fingerprint density at radius 3 is 2.67 bits per heavy atom. The molecule has 1 aliphatic heterocycles. The fraction of sp³-hybridized carbons (Fsp3) is 0.391. The van der Waals surface area contributed by atoms with Crippen molar-refractivity contribution in [3.63, 3.8) is 0 Å². The lowest BCUT2D eigenvalue weighted by Gasteiger charge is -2.18. The molecule has 30 heavy (non-hydrogen) atoms. The van der Waals surface area contributed by atoms with Crippen LogP contribution in [-0.2, 0) is 25.6 Å². The van der Waals surface area contributed by atoms with E-state index >= 15 is 0 Å². The molecule has 2 aromatic carbocycles. The van der Waals surface area contributed by atoms with Crippen LogP contribution in [0.25, 0.3) is 0 Å². The minimum Gasteiger partial charge on any atom is -0.497 e. The van der Waals surface area contributed by atoms with Crippen molar-refractivity contribution in [1.29, 1.82) is 0 Å². The van der Waals surface area contributed by atoms with Gasteiger partial charge in [-0.1, -0.05) is 30.3 Å². The molecule has 1 fully saturated rings. The molecule has 0 saturated heterocycles. The van der Waals surface area contributed by atoms with E-state index in [1.807, 2.05) is 37.3 Å². The monoisotopic (exact) mass is 412 g/mol. The number of methoxy groups -OCH3 is 1. The van der Waals surface area contributed by atoms with Crippen LogP contribution in [0.15, 0.2) is 42.5 Å². The molecule has 0 radical (unpaired) electrons. The molecule has 2 unspecified atom stereocenters. The molecule has 0 spiro atoms. The third kappa shape index (κ3) is 4.41. The summed E-state index contributed by atoms with van der Waals surface area (Å²) < 4.78 is 27.4. The van der Waals surface area contributed by atoms with Crippen LogP contribution in [0.4, 0.5) is 0 Å². The minimum atomic E-state index is -1.16. The van der Waals surface area contributed by atoms with Gasteiger partial charge >= 0.3 is 11.9 Å². The summed E-state index contributed by atoms with van der Waals surface area (Å²) in [6.07, 6.45) is 0.709. The molecule has 1 saturated carbocycles. The van der Waals surface area contributed by atoms with E-state index in [0.717, 1.165) is 18.4 Å². The van der Waals surface area contributed by atoms with Gasteiger partial charge in [-0.25, -0.2) is 9.59 Å². The molecular weight excluding hydrogens is 388 g/mol. The van der Waals surface area contributed by atoms with Crippen molar-refractivity contribution in [2.45, 2.75) is 38.6 Å². The number of carbonyl (C=O) groups is 2. The largest absolute Gasteiger partial charge is 0.497 e. The number of carbonyl (C=O) groups excluding carboxylic acids is 2. The molecule has 0 bridgehead atoms. The topological polar surface area (TPSA) is 80.3 Å². The molecule has 0 N–H and O–H groups in total. The Balaban J connectivity index is 1.49. The average molecular weight is 412 g/mol. The van der Waals surface area contributed by atoms with Crippen molar-refractivity contribution < 1.29 is 33.3 Å². The Bertz CT molecular complexity index is 921. The molecule has 158 valence electrons. The number of hydrogen-bond donors (Lipinski definition) is 0. The van der Waals surface area contributed by atoms with Gasteiger partial charge < -0.3 is 23.7 Å². The number of benzene rings is 2. The van der Waals surface area contributed by atoms with E-state index in [9.17, 15) is 9.59 Å². The molecule has 0 amide bonds. The summed E-state index contributed by atoms with van der Waals surface area (Å²) in [4.78, 5) is 25.1. The lowest BCUT2D eigenvalue weighted by atomic mass is 10.0. The maximum atomic E-state index is 12.7. The zero-order chi connectivity index (χ0) is 21.1. The second-order valence-electron chi connectivity index (χ2n) is 7.45. The van der Waals surface area contributed by atoms with Crippen LogP contribution < -0.4 is 9.47 Å². The third-order valence-electron chi connectivity index (χ3n) is 5.27. The highest BCUT2D eigenvalue weighted by molar-refractivity contribution is 6.00. The lowest BCUT2D eigenvalue weighted by molar-refractivity contribution is -0.159. The van der Waals surface area contributed by atoms with Gasteiger partial charge in [0.25, 0.3) is 0 Å². The van der Waals surface area contributed by atoms with Crippen molar-refractivity contribution in [2.75, 3.05) is 13.9 Å². The number of ether oxygens (including phenoxy) is 5. The predicted molar refractivity (Wildman–Crippen MR) is 106 cm³/mol. The van der Waals surface area contributed by atoms with Crippen LogP contribution >= 0.6 is 0 Å². The Kier molecular flexibility index (Phi) is 5.90. The highest BCUT2D eigenvalue weighted by atomic mass is 16.7. The lowest BCUT2D eigenvalue weighted by Crippen LogP contribution is -2.23. The smallest absolute Gasteiger partial charge is 0.352 e. The zero-order valence-corrected chi connectivity index (χ0v) is 17.0. The summed E-state index contributed by atoms with van der Waals surface area (Å²) in [7, 11) is 1.49. The standard InChI is InChI=1S/C23H24O7/c1-14(16-8-9-16)29-23(25)21-20-18(22(24)30-21)10-17(26-2)11-19(20)28-13-27-12-15-6-4-3-5-7-15/h3-7,10-11,14,16,21H,8-9,12-13H2,1-2H3. The Morgan fingerprint density at radius 1 is 1.20 bits per heavy atom. The Morgan fingerprint density at radius 2 is 1.97 bits per heavy atom. The summed E-state index contributed by atoms with van der Waals surface area (Å²) in [6.45, 7) is 2.16. The highest BCUT2D eigenvalue weighted by Gasteiger charge is 2.42. The molecule has 0 aromatic heterocycles. The minimum absolute atomic E-state index is 0.0665. The number of hydrogen-bond acceptors (Lipinski definition) is 7. The van der Waals surface area contributed by atoms with Gasteiger partial charge in [-0.05, 0) is 37.3 Å². The number of fused-ring (bicyclic) bond motifs is 1. The molecular formula is C23H24O7. The molecule has 4 rings (SSSR count). The van der Waals surface area contributed by atoms with E-state index < -0.39 is 18.0 Å². The highest BCUT2D eigenvalue weighted by Crippen LogP contribution is 2.42. The molecule has 7 nitrogen and oxygen atoms in total. The van der Waals surface area contributed by atoms with Crippen molar-refractivity contribution >= 4 is 11.9 Å².